The molecule has 0 spiro atoms. The van der Waals surface area contributed by atoms with Gasteiger partial charge in [0.1, 0.15) is 5.75 Å². The summed E-state index contributed by atoms with van der Waals surface area (Å²) in [6.07, 6.45) is 6.41. The van der Waals surface area contributed by atoms with Gasteiger partial charge < -0.3 is 10.5 Å². The maximum atomic E-state index is 11.0. The number of carbonyl (C=O) groups excluding carboxylic acids is 1. The second-order valence-corrected chi connectivity index (χ2v) is 5.40. The third kappa shape index (κ3) is 4.27. The van der Waals surface area contributed by atoms with E-state index >= 15 is 0 Å². The van der Waals surface area contributed by atoms with Gasteiger partial charge in [0, 0.05) is 5.56 Å². The molecule has 1 aromatic rings. The van der Waals surface area contributed by atoms with Crippen molar-refractivity contribution in [2.45, 2.75) is 39.0 Å². The lowest BCUT2D eigenvalue weighted by Gasteiger charge is -2.07. The number of amides is 1. The van der Waals surface area contributed by atoms with Crippen LogP contribution >= 0.6 is 0 Å². The molecule has 0 radical (unpaired) electrons. The molecule has 1 aliphatic carbocycles. The molecule has 1 amide bonds. The predicted octanol–water partition coefficient (Wildman–Crippen LogP) is 3.38. The highest BCUT2D eigenvalue weighted by Crippen LogP contribution is 2.44. The molecule has 0 heterocycles. The zero-order valence-corrected chi connectivity index (χ0v) is 11.6. The molecule has 2 rings (SSSR count). The highest BCUT2D eigenvalue weighted by molar-refractivity contribution is 5.93. The molecule has 1 aromatic carbocycles. The normalized spacial score (nSPS) is 21.1. The van der Waals surface area contributed by atoms with Gasteiger partial charge in [-0.05, 0) is 49.3 Å². The summed E-state index contributed by atoms with van der Waals surface area (Å²) in [5.41, 5.74) is 5.73. The average molecular weight is 261 g/mol. The first-order chi connectivity index (χ1) is 9.20. The van der Waals surface area contributed by atoms with Crippen molar-refractivity contribution < 1.29 is 9.53 Å². The standard InChI is InChI=1S/C16H23NO2/c1-2-12-10-13(12)6-3-4-9-19-15-8-5-7-14(11-15)16(17)18/h5,7-8,11-13H,2-4,6,9-10H2,1H3,(H2,17,18). The fourth-order valence-corrected chi connectivity index (χ4v) is 2.60. The molecule has 0 bridgehead atoms. The highest BCUT2D eigenvalue weighted by Gasteiger charge is 2.33. The van der Waals surface area contributed by atoms with Crippen LogP contribution in [0.3, 0.4) is 0 Å². The SMILES string of the molecule is CCC1CC1CCCCOc1cccc(C(N)=O)c1. The first-order valence-electron chi connectivity index (χ1n) is 7.23. The minimum atomic E-state index is -0.412. The van der Waals surface area contributed by atoms with Crippen molar-refractivity contribution in [3.8, 4) is 5.75 Å². The van der Waals surface area contributed by atoms with E-state index in [-0.39, 0.29) is 0 Å². The average Bonchev–Trinajstić information content (AvgIpc) is 3.17. The minimum Gasteiger partial charge on any atom is -0.494 e. The summed E-state index contributed by atoms with van der Waals surface area (Å²) in [6.45, 7) is 2.99. The Bertz CT molecular complexity index is 431. The maximum absolute atomic E-state index is 11.0. The van der Waals surface area contributed by atoms with Gasteiger partial charge in [-0.15, -0.1) is 0 Å². The Hall–Kier alpha value is -1.51. The van der Waals surface area contributed by atoms with Crippen LogP contribution in [0.5, 0.6) is 5.75 Å². The fraction of sp³-hybridized carbons (Fsp3) is 0.562. The molecule has 2 atom stereocenters. The third-order valence-electron chi connectivity index (χ3n) is 3.95. The van der Waals surface area contributed by atoms with Gasteiger partial charge in [-0.25, -0.2) is 0 Å². The maximum Gasteiger partial charge on any atom is 0.248 e. The van der Waals surface area contributed by atoms with Crippen LogP contribution in [0.2, 0.25) is 0 Å². The van der Waals surface area contributed by atoms with Crippen LogP contribution in [0.4, 0.5) is 0 Å². The summed E-state index contributed by atoms with van der Waals surface area (Å²) >= 11 is 0. The van der Waals surface area contributed by atoms with Gasteiger partial charge in [0.25, 0.3) is 0 Å². The second kappa shape index (κ2) is 6.60. The second-order valence-electron chi connectivity index (χ2n) is 5.40. The molecule has 1 aliphatic rings. The van der Waals surface area contributed by atoms with E-state index < -0.39 is 5.91 Å². The molecule has 0 aromatic heterocycles. The molecule has 104 valence electrons. The molecule has 19 heavy (non-hydrogen) atoms. The van der Waals surface area contributed by atoms with E-state index in [1.807, 2.05) is 6.07 Å². The van der Waals surface area contributed by atoms with Crippen molar-refractivity contribution >= 4 is 5.91 Å². The van der Waals surface area contributed by atoms with Gasteiger partial charge in [-0.3, -0.25) is 4.79 Å². The Kier molecular flexibility index (Phi) is 4.83. The van der Waals surface area contributed by atoms with Crippen LogP contribution in [0, 0.1) is 11.8 Å². The van der Waals surface area contributed by atoms with Gasteiger partial charge in [0.15, 0.2) is 0 Å². The molecule has 1 fully saturated rings. The smallest absolute Gasteiger partial charge is 0.248 e. The van der Waals surface area contributed by atoms with E-state index in [9.17, 15) is 4.79 Å². The third-order valence-corrected chi connectivity index (χ3v) is 3.95. The zero-order chi connectivity index (χ0) is 13.7. The first-order valence-corrected chi connectivity index (χ1v) is 7.23. The van der Waals surface area contributed by atoms with Crippen molar-refractivity contribution in [1.82, 2.24) is 0 Å². The molecule has 2 unspecified atom stereocenters. The molecule has 2 N–H and O–H groups in total. The van der Waals surface area contributed by atoms with Crippen LogP contribution in [-0.4, -0.2) is 12.5 Å². The molecular weight excluding hydrogens is 238 g/mol. The molecule has 1 saturated carbocycles. The van der Waals surface area contributed by atoms with Crippen LogP contribution in [-0.2, 0) is 0 Å². The Morgan fingerprint density at radius 3 is 2.89 bits per heavy atom. The summed E-state index contributed by atoms with van der Waals surface area (Å²) < 4.78 is 5.64. The van der Waals surface area contributed by atoms with Gasteiger partial charge in [0.2, 0.25) is 5.91 Å². The fourth-order valence-electron chi connectivity index (χ4n) is 2.60. The van der Waals surface area contributed by atoms with Gasteiger partial charge in [-0.1, -0.05) is 25.8 Å². The number of primary amides is 1. The van der Waals surface area contributed by atoms with Crippen molar-refractivity contribution in [3.63, 3.8) is 0 Å². The molecular formula is C16H23NO2. The predicted molar refractivity (Wildman–Crippen MR) is 76.2 cm³/mol. The number of hydrogen-bond donors (Lipinski definition) is 1. The largest absolute Gasteiger partial charge is 0.494 e. The highest BCUT2D eigenvalue weighted by atomic mass is 16.5. The molecule has 0 aliphatic heterocycles. The van der Waals surface area contributed by atoms with Crippen LogP contribution in [0.25, 0.3) is 0 Å². The van der Waals surface area contributed by atoms with Crippen LogP contribution in [0.15, 0.2) is 24.3 Å². The van der Waals surface area contributed by atoms with Crippen molar-refractivity contribution in [3.05, 3.63) is 29.8 Å². The number of hydrogen-bond acceptors (Lipinski definition) is 2. The van der Waals surface area contributed by atoms with Crippen molar-refractivity contribution in [2.75, 3.05) is 6.61 Å². The summed E-state index contributed by atoms with van der Waals surface area (Å²) in [4.78, 5) is 11.0. The monoisotopic (exact) mass is 261 g/mol. The zero-order valence-electron chi connectivity index (χ0n) is 11.6. The number of benzene rings is 1. The van der Waals surface area contributed by atoms with Gasteiger partial charge in [0.05, 0.1) is 6.61 Å². The minimum absolute atomic E-state index is 0.412. The van der Waals surface area contributed by atoms with E-state index in [4.69, 9.17) is 10.5 Å². The summed E-state index contributed by atoms with van der Waals surface area (Å²) in [5.74, 6) is 2.29. The van der Waals surface area contributed by atoms with Crippen LogP contribution in [0.1, 0.15) is 49.4 Å². The number of nitrogens with two attached hydrogens (primary N) is 1. The summed E-state index contributed by atoms with van der Waals surface area (Å²) in [6, 6.07) is 7.06. The summed E-state index contributed by atoms with van der Waals surface area (Å²) in [5, 5.41) is 0. The number of carbonyl (C=O) groups is 1. The lowest BCUT2D eigenvalue weighted by molar-refractivity contribution is 0.1000. The Morgan fingerprint density at radius 1 is 1.37 bits per heavy atom. The van der Waals surface area contributed by atoms with E-state index in [2.05, 4.69) is 6.92 Å². The number of ether oxygens (including phenoxy) is 1. The topological polar surface area (TPSA) is 52.3 Å². The van der Waals surface area contributed by atoms with E-state index in [0.29, 0.717) is 12.2 Å². The van der Waals surface area contributed by atoms with E-state index in [0.717, 1.165) is 24.0 Å². The summed E-state index contributed by atoms with van der Waals surface area (Å²) in [7, 11) is 0. The molecule has 3 nitrogen and oxygen atoms in total. The van der Waals surface area contributed by atoms with E-state index in [1.54, 1.807) is 18.2 Å². The van der Waals surface area contributed by atoms with Gasteiger partial charge >= 0.3 is 0 Å². The van der Waals surface area contributed by atoms with Crippen LogP contribution < -0.4 is 10.5 Å². The Morgan fingerprint density at radius 2 is 2.21 bits per heavy atom. The lowest BCUT2D eigenvalue weighted by atomic mass is 10.1. The Balaban J connectivity index is 1.63. The van der Waals surface area contributed by atoms with E-state index in [1.165, 1.54) is 25.7 Å². The number of unbranched alkanes of at least 4 members (excludes halogenated alkanes) is 1. The number of rotatable bonds is 8. The van der Waals surface area contributed by atoms with Crippen molar-refractivity contribution in [1.29, 1.82) is 0 Å². The first kappa shape index (κ1) is 13.9. The molecule has 0 saturated heterocycles. The Labute approximate surface area is 115 Å². The van der Waals surface area contributed by atoms with Crippen molar-refractivity contribution in [2.24, 2.45) is 17.6 Å². The lowest BCUT2D eigenvalue weighted by Crippen LogP contribution is -2.10. The molecule has 3 heteroatoms. The quantitative estimate of drug-likeness (QED) is 0.729. The van der Waals surface area contributed by atoms with Gasteiger partial charge in [-0.2, -0.15) is 0 Å².